The van der Waals surface area contributed by atoms with Crippen molar-refractivity contribution >= 4 is 17.6 Å². The molecule has 0 saturated carbocycles. The van der Waals surface area contributed by atoms with Crippen molar-refractivity contribution in [2.75, 3.05) is 7.11 Å². The minimum atomic E-state index is 0.292. The molecular formula is C19H17NO4S. The Labute approximate surface area is 149 Å². The number of hydrogen-bond acceptors (Lipinski definition) is 6. The number of carbonyl (C=O) groups is 1. The quantitative estimate of drug-likeness (QED) is 0.569. The molecule has 0 unspecified atom stereocenters. The highest BCUT2D eigenvalue weighted by atomic mass is 32.1. The molecule has 0 radical (unpaired) electrons. The Morgan fingerprint density at radius 2 is 1.88 bits per heavy atom. The largest absolute Gasteiger partial charge is 0.493 e. The number of methoxy groups -OCH3 is 1. The molecule has 0 spiro atoms. The third-order valence-corrected chi connectivity index (χ3v) is 4.28. The summed E-state index contributed by atoms with van der Waals surface area (Å²) < 4.78 is 16.7. The third kappa shape index (κ3) is 4.58. The molecule has 0 atom stereocenters. The van der Waals surface area contributed by atoms with Gasteiger partial charge in [0.1, 0.15) is 30.3 Å². The fourth-order valence-electron chi connectivity index (χ4n) is 2.17. The second-order valence-corrected chi connectivity index (χ2v) is 6.09. The van der Waals surface area contributed by atoms with Crippen molar-refractivity contribution in [2.24, 2.45) is 0 Å². The smallest absolute Gasteiger partial charge is 0.162 e. The number of ether oxygens (including phenoxy) is 3. The molecule has 3 rings (SSSR count). The van der Waals surface area contributed by atoms with Gasteiger partial charge in [0.15, 0.2) is 11.5 Å². The molecule has 5 nitrogen and oxygen atoms in total. The van der Waals surface area contributed by atoms with Crippen LogP contribution >= 0.6 is 11.3 Å². The first-order valence-electron chi connectivity index (χ1n) is 7.65. The monoisotopic (exact) mass is 355 g/mol. The van der Waals surface area contributed by atoms with E-state index in [-0.39, 0.29) is 0 Å². The Bertz CT molecular complexity index is 832. The van der Waals surface area contributed by atoms with E-state index in [1.807, 2.05) is 35.7 Å². The summed E-state index contributed by atoms with van der Waals surface area (Å²) in [6, 6.07) is 14.7. The minimum absolute atomic E-state index is 0.292. The van der Waals surface area contributed by atoms with E-state index in [1.165, 1.54) is 11.3 Å². The van der Waals surface area contributed by atoms with E-state index < -0.39 is 0 Å². The van der Waals surface area contributed by atoms with Crippen molar-refractivity contribution in [1.82, 2.24) is 4.98 Å². The lowest BCUT2D eigenvalue weighted by molar-refractivity contribution is 0.112. The fraction of sp³-hybridized carbons (Fsp3) is 0.158. The van der Waals surface area contributed by atoms with Crippen LogP contribution in [0.3, 0.4) is 0 Å². The van der Waals surface area contributed by atoms with Crippen molar-refractivity contribution < 1.29 is 19.0 Å². The van der Waals surface area contributed by atoms with E-state index in [9.17, 15) is 4.79 Å². The Balaban J connectivity index is 1.59. The van der Waals surface area contributed by atoms with Crippen LogP contribution in [0.15, 0.2) is 53.9 Å². The Morgan fingerprint density at radius 3 is 2.64 bits per heavy atom. The van der Waals surface area contributed by atoms with E-state index in [4.69, 9.17) is 14.2 Å². The molecule has 0 bridgehead atoms. The predicted octanol–water partition coefficient (Wildman–Crippen LogP) is 4.12. The third-order valence-electron chi connectivity index (χ3n) is 3.40. The normalized spacial score (nSPS) is 10.3. The number of rotatable bonds is 8. The van der Waals surface area contributed by atoms with Gasteiger partial charge < -0.3 is 14.2 Å². The maximum Gasteiger partial charge on any atom is 0.162 e. The molecular weight excluding hydrogens is 338 g/mol. The number of benzene rings is 2. The van der Waals surface area contributed by atoms with Crippen molar-refractivity contribution in [2.45, 2.75) is 13.2 Å². The van der Waals surface area contributed by atoms with Crippen LogP contribution in [0.5, 0.6) is 17.2 Å². The SMILES string of the molecule is COc1ccc(C=O)cc1OCc1csc(COc2ccccc2)n1. The van der Waals surface area contributed by atoms with Gasteiger partial charge in [0, 0.05) is 10.9 Å². The summed E-state index contributed by atoms with van der Waals surface area (Å²) in [7, 11) is 1.56. The first-order valence-corrected chi connectivity index (χ1v) is 8.53. The lowest BCUT2D eigenvalue weighted by Crippen LogP contribution is -2.00. The van der Waals surface area contributed by atoms with Gasteiger partial charge in [-0.15, -0.1) is 11.3 Å². The number of carbonyl (C=O) groups excluding carboxylic acids is 1. The van der Waals surface area contributed by atoms with Gasteiger partial charge in [-0.25, -0.2) is 4.98 Å². The highest BCUT2D eigenvalue weighted by Crippen LogP contribution is 2.28. The summed E-state index contributed by atoms with van der Waals surface area (Å²) in [4.78, 5) is 15.4. The zero-order valence-electron chi connectivity index (χ0n) is 13.7. The van der Waals surface area contributed by atoms with Gasteiger partial charge in [-0.1, -0.05) is 18.2 Å². The van der Waals surface area contributed by atoms with Crippen molar-refractivity contribution in [1.29, 1.82) is 0 Å². The zero-order valence-corrected chi connectivity index (χ0v) is 14.5. The van der Waals surface area contributed by atoms with E-state index in [0.717, 1.165) is 22.7 Å². The highest BCUT2D eigenvalue weighted by Gasteiger charge is 2.08. The molecule has 3 aromatic rings. The van der Waals surface area contributed by atoms with Crippen LogP contribution in [0.4, 0.5) is 0 Å². The van der Waals surface area contributed by atoms with Crippen LogP contribution < -0.4 is 14.2 Å². The number of para-hydroxylation sites is 1. The van der Waals surface area contributed by atoms with Crippen LogP contribution in [0.2, 0.25) is 0 Å². The average molecular weight is 355 g/mol. The topological polar surface area (TPSA) is 57.7 Å². The molecule has 25 heavy (non-hydrogen) atoms. The second kappa shape index (κ2) is 8.30. The van der Waals surface area contributed by atoms with Crippen LogP contribution in [-0.2, 0) is 13.2 Å². The molecule has 0 saturated heterocycles. The first kappa shape index (κ1) is 17.0. The maximum atomic E-state index is 10.9. The number of nitrogens with zero attached hydrogens (tertiary/aromatic N) is 1. The first-order chi connectivity index (χ1) is 12.3. The number of aldehydes is 1. The average Bonchev–Trinajstić information content (AvgIpc) is 3.13. The summed E-state index contributed by atoms with van der Waals surface area (Å²) in [5, 5.41) is 2.80. The Morgan fingerprint density at radius 1 is 1.04 bits per heavy atom. The summed E-state index contributed by atoms with van der Waals surface area (Å²) in [6.07, 6.45) is 0.772. The molecule has 0 aliphatic carbocycles. The summed E-state index contributed by atoms with van der Waals surface area (Å²) in [6.45, 7) is 0.707. The molecule has 0 N–H and O–H groups in total. The van der Waals surface area contributed by atoms with Gasteiger partial charge in [-0.05, 0) is 30.3 Å². The zero-order chi connectivity index (χ0) is 17.5. The van der Waals surface area contributed by atoms with Crippen LogP contribution in [0, 0.1) is 0 Å². The summed E-state index contributed by atoms with van der Waals surface area (Å²) >= 11 is 1.52. The van der Waals surface area contributed by atoms with Gasteiger partial charge in [0.25, 0.3) is 0 Å². The van der Waals surface area contributed by atoms with E-state index in [1.54, 1.807) is 25.3 Å². The van der Waals surface area contributed by atoms with Crippen LogP contribution in [0.1, 0.15) is 21.1 Å². The lowest BCUT2D eigenvalue weighted by atomic mass is 10.2. The van der Waals surface area contributed by atoms with Crippen molar-refractivity contribution in [3.05, 3.63) is 70.2 Å². The van der Waals surface area contributed by atoms with E-state index >= 15 is 0 Å². The molecule has 128 valence electrons. The van der Waals surface area contributed by atoms with Crippen LogP contribution in [0.25, 0.3) is 0 Å². The van der Waals surface area contributed by atoms with E-state index in [0.29, 0.717) is 30.3 Å². The fourth-order valence-corrected chi connectivity index (χ4v) is 2.86. The van der Waals surface area contributed by atoms with Gasteiger partial charge in [0.05, 0.1) is 12.8 Å². The van der Waals surface area contributed by atoms with Gasteiger partial charge in [-0.3, -0.25) is 4.79 Å². The van der Waals surface area contributed by atoms with Gasteiger partial charge in [0.2, 0.25) is 0 Å². The van der Waals surface area contributed by atoms with Crippen LogP contribution in [-0.4, -0.2) is 18.4 Å². The number of hydrogen-bond donors (Lipinski definition) is 0. The molecule has 0 aliphatic rings. The molecule has 0 fully saturated rings. The Hall–Kier alpha value is -2.86. The Kier molecular flexibility index (Phi) is 5.64. The molecule has 1 aromatic heterocycles. The molecule has 1 heterocycles. The van der Waals surface area contributed by atoms with Crippen molar-refractivity contribution in [3.63, 3.8) is 0 Å². The van der Waals surface area contributed by atoms with Crippen molar-refractivity contribution in [3.8, 4) is 17.2 Å². The van der Waals surface area contributed by atoms with E-state index in [2.05, 4.69) is 4.98 Å². The van der Waals surface area contributed by atoms with Gasteiger partial charge in [-0.2, -0.15) is 0 Å². The van der Waals surface area contributed by atoms with Gasteiger partial charge >= 0.3 is 0 Å². The predicted molar refractivity (Wildman–Crippen MR) is 95.6 cm³/mol. The molecule has 6 heteroatoms. The number of aromatic nitrogens is 1. The maximum absolute atomic E-state index is 10.9. The minimum Gasteiger partial charge on any atom is -0.493 e. The standard InChI is InChI=1S/C19H17NO4S/c1-22-17-8-7-14(10-21)9-18(17)24-11-15-13-25-19(20-15)12-23-16-5-3-2-4-6-16/h2-10,13H,11-12H2,1H3. The highest BCUT2D eigenvalue weighted by molar-refractivity contribution is 7.09. The molecule has 0 aliphatic heterocycles. The number of thiazole rings is 1. The molecule has 0 amide bonds. The summed E-state index contributed by atoms with van der Waals surface area (Å²) in [5.74, 6) is 1.90. The second-order valence-electron chi connectivity index (χ2n) is 5.15. The molecule has 2 aromatic carbocycles. The summed E-state index contributed by atoms with van der Waals surface area (Å²) in [5.41, 5.74) is 1.33. The lowest BCUT2D eigenvalue weighted by Gasteiger charge is -2.10.